The largest absolute Gasteiger partial charge is 0.391 e. The zero-order valence-corrected chi connectivity index (χ0v) is 9.00. The van der Waals surface area contributed by atoms with Crippen molar-refractivity contribution in [2.24, 2.45) is 5.73 Å². The van der Waals surface area contributed by atoms with E-state index in [2.05, 4.69) is 0 Å². The molecule has 0 bridgehead atoms. The zero-order chi connectivity index (χ0) is 12.8. The Morgan fingerprint density at radius 1 is 1.53 bits per heavy atom. The highest BCUT2D eigenvalue weighted by Gasteiger charge is 2.12. The van der Waals surface area contributed by atoms with Crippen LogP contribution in [-0.4, -0.2) is 15.9 Å². The Hall–Kier alpha value is -2.21. The van der Waals surface area contributed by atoms with Crippen molar-refractivity contribution in [3.8, 4) is 0 Å². The molecule has 0 unspecified atom stereocenters. The van der Waals surface area contributed by atoms with Crippen molar-refractivity contribution in [2.75, 3.05) is 0 Å². The molecule has 1 aromatic rings. The third kappa shape index (κ3) is 3.69. The molecule has 0 heterocycles. The number of aliphatic hydroxyl groups is 1. The molecule has 90 valence electrons. The lowest BCUT2D eigenvalue weighted by Gasteiger charge is -2.00. The van der Waals surface area contributed by atoms with Crippen molar-refractivity contribution in [3.05, 3.63) is 45.5 Å². The standard InChI is InChI=1S/C11H12N2O4/c12-11(15)3-1-2-8-4-5-10(13(16)17)9(6-8)7-14/h1-2,4-6,14H,3,7H2,(H2,12,15). The van der Waals surface area contributed by atoms with Gasteiger partial charge in [0.15, 0.2) is 0 Å². The minimum atomic E-state index is -0.553. The van der Waals surface area contributed by atoms with Crippen LogP contribution in [0, 0.1) is 10.1 Å². The van der Waals surface area contributed by atoms with E-state index in [1.165, 1.54) is 18.2 Å². The van der Waals surface area contributed by atoms with Crippen molar-refractivity contribution in [3.63, 3.8) is 0 Å². The van der Waals surface area contributed by atoms with E-state index in [-0.39, 0.29) is 17.7 Å². The van der Waals surface area contributed by atoms with Gasteiger partial charge in [-0.1, -0.05) is 12.2 Å². The molecule has 3 N–H and O–H groups in total. The Kier molecular flexibility index (Phi) is 4.36. The summed E-state index contributed by atoms with van der Waals surface area (Å²) in [6, 6.07) is 4.35. The number of nitro groups is 1. The number of nitro benzene ring substituents is 1. The van der Waals surface area contributed by atoms with E-state index >= 15 is 0 Å². The highest BCUT2D eigenvalue weighted by molar-refractivity contribution is 5.76. The van der Waals surface area contributed by atoms with Crippen LogP contribution in [0.1, 0.15) is 17.5 Å². The molecule has 1 rings (SSSR count). The normalized spacial score (nSPS) is 10.6. The Bertz CT molecular complexity index is 469. The highest BCUT2D eigenvalue weighted by atomic mass is 16.6. The van der Waals surface area contributed by atoms with Gasteiger partial charge in [-0.2, -0.15) is 0 Å². The molecule has 1 amide bonds. The van der Waals surface area contributed by atoms with Crippen LogP contribution < -0.4 is 5.73 Å². The topological polar surface area (TPSA) is 106 Å². The number of carbonyl (C=O) groups is 1. The maximum atomic E-state index is 10.6. The van der Waals surface area contributed by atoms with E-state index in [9.17, 15) is 14.9 Å². The van der Waals surface area contributed by atoms with Crippen molar-refractivity contribution >= 4 is 17.7 Å². The molecular formula is C11H12N2O4. The predicted molar refractivity (Wildman–Crippen MR) is 61.9 cm³/mol. The average Bonchev–Trinajstić information content (AvgIpc) is 2.28. The first-order chi connectivity index (χ1) is 8.04. The summed E-state index contributed by atoms with van der Waals surface area (Å²) in [4.78, 5) is 20.6. The van der Waals surface area contributed by atoms with Crippen molar-refractivity contribution < 1.29 is 14.8 Å². The second-order valence-electron chi connectivity index (χ2n) is 3.38. The van der Waals surface area contributed by atoms with Crippen molar-refractivity contribution in [1.82, 2.24) is 0 Å². The molecule has 0 aromatic heterocycles. The van der Waals surface area contributed by atoms with Crippen LogP contribution in [0.4, 0.5) is 5.69 Å². The Morgan fingerprint density at radius 3 is 2.76 bits per heavy atom. The molecule has 0 atom stereocenters. The Balaban J connectivity index is 2.93. The number of amides is 1. The summed E-state index contributed by atoms with van der Waals surface area (Å²) in [5, 5.41) is 19.6. The number of hydrogen-bond donors (Lipinski definition) is 2. The molecule has 0 aliphatic carbocycles. The van der Waals surface area contributed by atoms with E-state index < -0.39 is 17.4 Å². The molecule has 0 aliphatic rings. The number of aliphatic hydroxyl groups excluding tert-OH is 1. The molecule has 0 spiro atoms. The Morgan fingerprint density at radius 2 is 2.24 bits per heavy atom. The van der Waals surface area contributed by atoms with Crippen molar-refractivity contribution in [1.29, 1.82) is 0 Å². The first-order valence-electron chi connectivity index (χ1n) is 4.87. The second-order valence-corrected chi connectivity index (χ2v) is 3.38. The fraction of sp³-hybridized carbons (Fsp3) is 0.182. The van der Waals surface area contributed by atoms with Gasteiger partial charge in [0.1, 0.15) is 0 Å². The van der Waals surface area contributed by atoms with Crippen LogP contribution in [0.2, 0.25) is 0 Å². The van der Waals surface area contributed by atoms with Gasteiger partial charge in [-0.25, -0.2) is 0 Å². The number of hydrogen-bond acceptors (Lipinski definition) is 4. The van der Waals surface area contributed by atoms with Crippen molar-refractivity contribution in [2.45, 2.75) is 13.0 Å². The number of benzene rings is 1. The summed E-state index contributed by atoms with van der Waals surface area (Å²) >= 11 is 0. The summed E-state index contributed by atoms with van der Waals surface area (Å²) in [5.74, 6) is -0.453. The van der Waals surface area contributed by atoms with Crippen LogP contribution in [0.15, 0.2) is 24.3 Å². The van der Waals surface area contributed by atoms with Crippen LogP contribution in [0.5, 0.6) is 0 Å². The quantitative estimate of drug-likeness (QED) is 0.586. The third-order valence-electron chi connectivity index (χ3n) is 2.10. The molecule has 6 nitrogen and oxygen atoms in total. The van der Waals surface area contributed by atoms with Gasteiger partial charge >= 0.3 is 0 Å². The molecular weight excluding hydrogens is 224 g/mol. The molecule has 0 radical (unpaired) electrons. The minimum Gasteiger partial charge on any atom is -0.391 e. The number of nitrogens with two attached hydrogens (primary N) is 1. The maximum absolute atomic E-state index is 10.6. The number of primary amides is 1. The lowest BCUT2D eigenvalue weighted by atomic mass is 10.1. The summed E-state index contributed by atoms with van der Waals surface area (Å²) in [6.07, 6.45) is 3.28. The maximum Gasteiger partial charge on any atom is 0.274 e. The van der Waals surface area contributed by atoms with Crippen LogP contribution in [0.3, 0.4) is 0 Å². The monoisotopic (exact) mass is 236 g/mol. The van der Waals surface area contributed by atoms with Gasteiger partial charge in [-0.05, 0) is 17.7 Å². The molecule has 0 aliphatic heterocycles. The molecule has 0 saturated carbocycles. The number of rotatable bonds is 5. The lowest BCUT2D eigenvalue weighted by Crippen LogP contribution is -2.07. The minimum absolute atomic E-state index is 0.103. The third-order valence-corrected chi connectivity index (χ3v) is 2.10. The predicted octanol–water partition coefficient (Wildman–Crippen LogP) is 0.976. The van der Waals surface area contributed by atoms with Gasteiger partial charge in [-0.15, -0.1) is 0 Å². The summed E-state index contributed by atoms with van der Waals surface area (Å²) in [5.41, 5.74) is 5.73. The van der Waals surface area contributed by atoms with E-state index in [1.807, 2.05) is 0 Å². The van der Waals surface area contributed by atoms with Gasteiger partial charge in [0, 0.05) is 12.5 Å². The van der Waals surface area contributed by atoms with Gasteiger partial charge in [-0.3, -0.25) is 14.9 Å². The van der Waals surface area contributed by atoms with Gasteiger partial charge < -0.3 is 10.8 Å². The first kappa shape index (κ1) is 12.9. The molecule has 6 heteroatoms. The average molecular weight is 236 g/mol. The van der Waals surface area contributed by atoms with E-state index in [0.29, 0.717) is 5.56 Å². The summed E-state index contributed by atoms with van der Waals surface area (Å²) < 4.78 is 0. The lowest BCUT2D eigenvalue weighted by molar-refractivity contribution is -0.385. The summed E-state index contributed by atoms with van der Waals surface area (Å²) in [6.45, 7) is -0.409. The van der Waals surface area contributed by atoms with Gasteiger partial charge in [0.2, 0.25) is 5.91 Å². The fourth-order valence-electron chi connectivity index (χ4n) is 1.33. The number of carbonyl (C=O) groups excluding carboxylic acids is 1. The summed E-state index contributed by atoms with van der Waals surface area (Å²) in [7, 11) is 0. The highest BCUT2D eigenvalue weighted by Crippen LogP contribution is 2.20. The fourth-order valence-corrected chi connectivity index (χ4v) is 1.33. The van der Waals surface area contributed by atoms with E-state index in [4.69, 9.17) is 10.8 Å². The van der Waals surface area contributed by atoms with Crippen LogP contribution in [-0.2, 0) is 11.4 Å². The van der Waals surface area contributed by atoms with Gasteiger partial charge in [0.05, 0.1) is 17.1 Å². The van der Waals surface area contributed by atoms with E-state index in [1.54, 1.807) is 12.2 Å². The molecule has 17 heavy (non-hydrogen) atoms. The SMILES string of the molecule is NC(=O)CC=Cc1ccc([N+](=O)[O-])c(CO)c1. The van der Waals surface area contributed by atoms with Gasteiger partial charge in [0.25, 0.3) is 5.69 Å². The molecule has 1 aromatic carbocycles. The smallest absolute Gasteiger partial charge is 0.274 e. The van der Waals surface area contributed by atoms with Crippen LogP contribution in [0.25, 0.3) is 6.08 Å². The van der Waals surface area contributed by atoms with Crippen LogP contribution >= 0.6 is 0 Å². The molecule has 0 fully saturated rings. The Labute approximate surface area is 97.5 Å². The second kappa shape index (κ2) is 5.76. The molecule has 0 saturated heterocycles. The number of nitrogens with zero attached hydrogens (tertiary/aromatic N) is 1. The first-order valence-corrected chi connectivity index (χ1v) is 4.87. The zero-order valence-electron chi connectivity index (χ0n) is 9.00. The van der Waals surface area contributed by atoms with E-state index in [0.717, 1.165) is 0 Å².